The van der Waals surface area contributed by atoms with E-state index in [2.05, 4.69) is 16.6 Å². The van der Waals surface area contributed by atoms with Crippen LogP contribution in [-0.2, 0) is 0 Å². The lowest BCUT2D eigenvalue weighted by Crippen LogP contribution is -2.39. The van der Waals surface area contributed by atoms with Gasteiger partial charge in [-0.05, 0) is 37.7 Å². The summed E-state index contributed by atoms with van der Waals surface area (Å²) >= 11 is 1.89. The first kappa shape index (κ1) is 14.2. The zero-order chi connectivity index (χ0) is 13.7. The van der Waals surface area contributed by atoms with Crippen molar-refractivity contribution in [2.75, 3.05) is 13.4 Å². The molecule has 4 nitrogen and oxygen atoms in total. The van der Waals surface area contributed by atoms with Gasteiger partial charge in [0.05, 0.1) is 7.11 Å². The van der Waals surface area contributed by atoms with Crippen LogP contribution >= 0.6 is 11.8 Å². The third-order valence-electron chi connectivity index (χ3n) is 3.50. The highest BCUT2D eigenvalue weighted by Crippen LogP contribution is 2.27. The van der Waals surface area contributed by atoms with Crippen LogP contribution in [0.1, 0.15) is 36.0 Å². The summed E-state index contributed by atoms with van der Waals surface area (Å²) in [6.07, 6.45) is 8.31. The second kappa shape index (κ2) is 6.80. The Balaban J connectivity index is 2.00. The Bertz CT molecular complexity index is 439. The molecule has 0 bridgehead atoms. The van der Waals surface area contributed by atoms with Crippen molar-refractivity contribution >= 4 is 17.7 Å². The van der Waals surface area contributed by atoms with Gasteiger partial charge in [0, 0.05) is 17.5 Å². The minimum atomic E-state index is -0.0864. The lowest BCUT2D eigenvalue weighted by molar-refractivity contribution is 0.0924. The van der Waals surface area contributed by atoms with Crippen LogP contribution < -0.4 is 10.1 Å². The quantitative estimate of drug-likeness (QED) is 0.920. The second-order valence-corrected chi connectivity index (χ2v) is 5.89. The van der Waals surface area contributed by atoms with E-state index in [1.165, 1.54) is 20.0 Å². The number of ether oxygens (including phenoxy) is 1. The van der Waals surface area contributed by atoms with E-state index in [-0.39, 0.29) is 11.9 Å². The monoisotopic (exact) mass is 280 g/mol. The Labute approximate surface area is 118 Å². The summed E-state index contributed by atoms with van der Waals surface area (Å²) in [7, 11) is 1.53. The van der Waals surface area contributed by atoms with Gasteiger partial charge in [-0.25, -0.2) is 4.98 Å². The van der Waals surface area contributed by atoms with E-state index in [0.29, 0.717) is 16.7 Å². The van der Waals surface area contributed by atoms with E-state index < -0.39 is 0 Å². The van der Waals surface area contributed by atoms with Crippen LogP contribution in [0.4, 0.5) is 0 Å². The van der Waals surface area contributed by atoms with Crippen molar-refractivity contribution in [3.8, 4) is 5.88 Å². The maximum atomic E-state index is 12.2. The molecule has 1 aliphatic carbocycles. The number of nitrogens with zero attached hydrogens (tertiary/aromatic N) is 1. The Morgan fingerprint density at radius 2 is 2.37 bits per heavy atom. The fraction of sp³-hybridized carbons (Fsp3) is 0.571. The van der Waals surface area contributed by atoms with Crippen molar-refractivity contribution in [1.29, 1.82) is 0 Å². The average Bonchev–Trinajstić information content (AvgIpc) is 2.47. The van der Waals surface area contributed by atoms with Gasteiger partial charge < -0.3 is 10.1 Å². The van der Waals surface area contributed by atoms with E-state index >= 15 is 0 Å². The Hall–Kier alpha value is -1.23. The summed E-state index contributed by atoms with van der Waals surface area (Å²) in [5.74, 6) is 0.300. The maximum absolute atomic E-state index is 12.2. The minimum Gasteiger partial charge on any atom is -0.480 e. The number of methoxy groups -OCH3 is 1. The Morgan fingerprint density at radius 3 is 3.11 bits per heavy atom. The van der Waals surface area contributed by atoms with E-state index in [4.69, 9.17) is 4.74 Å². The standard InChI is InChI=1S/C14H20N2O2S/c1-18-14-12(7-4-8-15-14)13(17)16-10-5-3-6-11(9-10)19-2/h4,7-8,10-11H,3,5-6,9H2,1-2H3,(H,16,17). The summed E-state index contributed by atoms with van der Waals surface area (Å²) in [5.41, 5.74) is 0.510. The van der Waals surface area contributed by atoms with Crippen LogP contribution in [0.25, 0.3) is 0 Å². The molecule has 0 aliphatic heterocycles. The first-order valence-corrected chi connectivity index (χ1v) is 7.86. The molecule has 1 fully saturated rings. The summed E-state index contributed by atoms with van der Waals surface area (Å²) in [6, 6.07) is 3.77. The molecule has 1 saturated carbocycles. The highest BCUT2D eigenvalue weighted by Gasteiger charge is 2.24. The zero-order valence-electron chi connectivity index (χ0n) is 11.4. The molecule has 1 N–H and O–H groups in total. The van der Waals surface area contributed by atoms with Crippen molar-refractivity contribution in [3.05, 3.63) is 23.9 Å². The second-order valence-electron chi connectivity index (χ2n) is 4.75. The lowest BCUT2D eigenvalue weighted by atomic mass is 9.94. The SMILES string of the molecule is COc1ncccc1C(=O)NC1CCCC(SC)C1. The molecule has 2 atom stereocenters. The van der Waals surface area contributed by atoms with E-state index in [1.54, 1.807) is 18.3 Å². The van der Waals surface area contributed by atoms with Crippen LogP contribution in [0.15, 0.2) is 18.3 Å². The molecule has 0 aromatic carbocycles. The van der Waals surface area contributed by atoms with E-state index in [9.17, 15) is 4.79 Å². The molecule has 104 valence electrons. The smallest absolute Gasteiger partial charge is 0.256 e. The van der Waals surface area contributed by atoms with Crippen LogP contribution in [0.5, 0.6) is 5.88 Å². The summed E-state index contributed by atoms with van der Waals surface area (Å²) in [5, 5.41) is 3.76. The van der Waals surface area contributed by atoms with Crippen LogP contribution in [0.2, 0.25) is 0 Å². The molecule has 19 heavy (non-hydrogen) atoms. The zero-order valence-corrected chi connectivity index (χ0v) is 12.2. The predicted molar refractivity (Wildman–Crippen MR) is 77.8 cm³/mol. The van der Waals surface area contributed by atoms with Gasteiger partial charge in [0.25, 0.3) is 5.91 Å². The number of nitrogens with one attached hydrogen (secondary N) is 1. The number of amides is 1. The van der Waals surface area contributed by atoms with Crippen molar-refractivity contribution in [2.24, 2.45) is 0 Å². The van der Waals surface area contributed by atoms with Gasteiger partial charge in [-0.15, -0.1) is 0 Å². The van der Waals surface area contributed by atoms with Crippen LogP contribution in [0, 0.1) is 0 Å². The molecular weight excluding hydrogens is 260 g/mol. The number of thioether (sulfide) groups is 1. The predicted octanol–water partition coefficient (Wildman–Crippen LogP) is 2.49. The number of hydrogen-bond donors (Lipinski definition) is 1. The topological polar surface area (TPSA) is 51.2 Å². The molecule has 1 heterocycles. The number of pyridine rings is 1. The molecule has 2 rings (SSSR count). The van der Waals surface area contributed by atoms with Gasteiger partial charge in [0.2, 0.25) is 5.88 Å². The Kier molecular flexibility index (Phi) is 5.07. The van der Waals surface area contributed by atoms with Gasteiger partial charge in [-0.1, -0.05) is 6.42 Å². The number of hydrogen-bond acceptors (Lipinski definition) is 4. The molecule has 1 amide bonds. The van der Waals surface area contributed by atoms with Gasteiger partial charge in [-0.2, -0.15) is 11.8 Å². The van der Waals surface area contributed by atoms with Gasteiger partial charge in [0.1, 0.15) is 5.56 Å². The van der Waals surface area contributed by atoms with Gasteiger partial charge in [0.15, 0.2) is 0 Å². The number of carbonyl (C=O) groups excluding carboxylic acids is 1. The maximum Gasteiger partial charge on any atom is 0.256 e. The molecule has 2 unspecified atom stereocenters. The molecule has 1 aliphatic rings. The lowest BCUT2D eigenvalue weighted by Gasteiger charge is -2.28. The first-order chi connectivity index (χ1) is 9.24. The highest BCUT2D eigenvalue weighted by molar-refractivity contribution is 7.99. The summed E-state index contributed by atoms with van der Waals surface area (Å²) in [4.78, 5) is 16.3. The van der Waals surface area contributed by atoms with E-state index in [1.807, 2.05) is 11.8 Å². The molecule has 1 aromatic rings. The molecule has 0 spiro atoms. The van der Waals surface area contributed by atoms with Crippen molar-refractivity contribution < 1.29 is 9.53 Å². The Morgan fingerprint density at radius 1 is 1.53 bits per heavy atom. The van der Waals surface area contributed by atoms with Crippen LogP contribution in [0.3, 0.4) is 0 Å². The number of aromatic nitrogens is 1. The van der Waals surface area contributed by atoms with Crippen LogP contribution in [-0.4, -0.2) is 35.5 Å². The molecule has 0 radical (unpaired) electrons. The summed E-state index contributed by atoms with van der Waals surface area (Å²) in [6.45, 7) is 0. The van der Waals surface area contributed by atoms with Crippen molar-refractivity contribution in [3.63, 3.8) is 0 Å². The number of rotatable bonds is 4. The molecular formula is C14H20N2O2S. The first-order valence-electron chi connectivity index (χ1n) is 6.57. The van der Waals surface area contributed by atoms with Crippen molar-refractivity contribution in [2.45, 2.75) is 37.0 Å². The van der Waals surface area contributed by atoms with Crippen molar-refractivity contribution in [1.82, 2.24) is 10.3 Å². The fourth-order valence-electron chi connectivity index (χ4n) is 2.48. The third-order valence-corrected chi connectivity index (χ3v) is 4.60. The van der Waals surface area contributed by atoms with E-state index in [0.717, 1.165) is 12.8 Å². The summed E-state index contributed by atoms with van der Waals surface area (Å²) < 4.78 is 5.12. The number of carbonyl (C=O) groups is 1. The highest BCUT2D eigenvalue weighted by atomic mass is 32.2. The minimum absolute atomic E-state index is 0.0864. The van der Waals surface area contributed by atoms with Gasteiger partial charge >= 0.3 is 0 Å². The fourth-order valence-corrected chi connectivity index (χ4v) is 3.31. The van der Waals surface area contributed by atoms with Gasteiger partial charge in [-0.3, -0.25) is 4.79 Å². The normalized spacial score (nSPS) is 22.8. The average molecular weight is 280 g/mol. The third kappa shape index (κ3) is 3.62. The molecule has 0 saturated heterocycles. The molecule has 5 heteroatoms. The molecule has 1 aromatic heterocycles. The largest absolute Gasteiger partial charge is 0.480 e.